The molecule has 1 aliphatic heterocycles. The standard InChI is InChI=1S/C15H16N4/c1(7-19-8-5-16-6-9-19)2-13-3-4-15-14(10-13)11-17-12-18-15/h3-4,10-12,16H,5-9H2. The molecule has 1 N–H and O–H groups in total. The Bertz CT molecular complexity index is 621. The molecule has 96 valence electrons. The summed E-state index contributed by atoms with van der Waals surface area (Å²) in [6, 6.07) is 6.05. The molecule has 0 bridgehead atoms. The van der Waals surface area contributed by atoms with Crippen molar-refractivity contribution < 1.29 is 0 Å². The van der Waals surface area contributed by atoms with Crippen LogP contribution in [-0.2, 0) is 0 Å². The molecule has 4 heteroatoms. The number of fused-ring (bicyclic) bond motifs is 1. The van der Waals surface area contributed by atoms with E-state index in [9.17, 15) is 0 Å². The molecule has 0 amide bonds. The lowest BCUT2D eigenvalue weighted by atomic mass is 10.1. The molecule has 0 saturated carbocycles. The Morgan fingerprint density at radius 1 is 1.26 bits per heavy atom. The molecule has 3 rings (SSSR count). The van der Waals surface area contributed by atoms with Crippen LogP contribution in [0.15, 0.2) is 30.7 Å². The van der Waals surface area contributed by atoms with Gasteiger partial charge in [-0.25, -0.2) is 9.97 Å². The normalized spacial score (nSPS) is 16.0. The predicted molar refractivity (Wildman–Crippen MR) is 75.7 cm³/mol. The first kappa shape index (κ1) is 12.1. The largest absolute Gasteiger partial charge is 0.314 e. The Kier molecular flexibility index (Phi) is 3.68. The molecule has 0 aliphatic carbocycles. The van der Waals surface area contributed by atoms with Crippen molar-refractivity contribution in [3.63, 3.8) is 0 Å². The Labute approximate surface area is 112 Å². The minimum Gasteiger partial charge on any atom is -0.314 e. The van der Waals surface area contributed by atoms with Crippen molar-refractivity contribution in [2.75, 3.05) is 32.7 Å². The molecule has 1 fully saturated rings. The molecule has 1 aliphatic rings. The van der Waals surface area contributed by atoms with Gasteiger partial charge in [0.2, 0.25) is 0 Å². The van der Waals surface area contributed by atoms with E-state index in [0.29, 0.717) is 0 Å². The van der Waals surface area contributed by atoms with Gasteiger partial charge < -0.3 is 5.32 Å². The maximum atomic E-state index is 4.20. The Balaban J connectivity index is 1.70. The van der Waals surface area contributed by atoms with E-state index in [1.807, 2.05) is 24.4 Å². The summed E-state index contributed by atoms with van der Waals surface area (Å²) in [5, 5.41) is 4.38. The van der Waals surface area contributed by atoms with E-state index < -0.39 is 0 Å². The molecule has 0 atom stereocenters. The van der Waals surface area contributed by atoms with E-state index in [4.69, 9.17) is 0 Å². The number of nitrogens with zero attached hydrogens (tertiary/aromatic N) is 3. The van der Waals surface area contributed by atoms with Crippen LogP contribution >= 0.6 is 0 Å². The Morgan fingerprint density at radius 3 is 3.05 bits per heavy atom. The maximum absolute atomic E-state index is 4.20. The Hall–Kier alpha value is -1.96. The lowest BCUT2D eigenvalue weighted by molar-refractivity contribution is 0.268. The topological polar surface area (TPSA) is 41.1 Å². The SMILES string of the molecule is C(#Cc1ccc2ncncc2c1)CN1CCNCC1. The molecular weight excluding hydrogens is 236 g/mol. The summed E-state index contributed by atoms with van der Waals surface area (Å²) in [5.74, 6) is 6.46. The number of rotatable bonds is 1. The molecular formula is C15H16N4. The van der Waals surface area contributed by atoms with Gasteiger partial charge in [0.25, 0.3) is 0 Å². The fraction of sp³-hybridized carbons (Fsp3) is 0.333. The van der Waals surface area contributed by atoms with Crippen LogP contribution in [-0.4, -0.2) is 47.6 Å². The second-order valence-electron chi connectivity index (χ2n) is 4.62. The highest BCUT2D eigenvalue weighted by Gasteiger charge is 2.06. The number of piperazine rings is 1. The summed E-state index contributed by atoms with van der Waals surface area (Å²) >= 11 is 0. The van der Waals surface area contributed by atoms with Crippen molar-refractivity contribution in [1.82, 2.24) is 20.2 Å². The van der Waals surface area contributed by atoms with Crippen LogP contribution in [0.4, 0.5) is 0 Å². The molecule has 2 aromatic rings. The molecule has 0 unspecified atom stereocenters. The van der Waals surface area contributed by atoms with Crippen molar-refractivity contribution in [2.45, 2.75) is 0 Å². The molecule has 19 heavy (non-hydrogen) atoms. The summed E-state index contributed by atoms with van der Waals surface area (Å²) in [4.78, 5) is 10.6. The monoisotopic (exact) mass is 252 g/mol. The zero-order valence-electron chi connectivity index (χ0n) is 10.8. The molecule has 0 spiro atoms. The molecule has 1 aromatic heterocycles. The number of benzene rings is 1. The van der Waals surface area contributed by atoms with Gasteiger partial charge in [-0.1, -0.05) is 11.8 Å². The maximum Gasteiger partial charge on any atom is 0.116 e. The van der Waals surface area contributed by atoms with Gasteiger partial charge in [-0.15, -0.1) is 0 Å². The van der Waals surface area contributed by atoms with Crippen LogP contribution in [0.2, 0.25) is 0 Å². The minimum absolute atomic E-state index is 0.838. The second-order valence-corrected chi connectivity index (χ2v) is 4.62. The smallest absolute Gasteiger partial charge is 0.116 e. The van der Waals surface area contributed by atoms with Gasteiger partial charge in [-0.2, -0.15) is 0 Å². The fourth-order valence-electron chi connectivity index (χ4n) is 2.19. The van der Waals surface area contributed by atoms with E-state index >= 15 is 0 Å². The molecule has 0 radical (unpaired) electrons. The number of hydrogen-bond donors (Lipinski definition) is 1. The van der Waals surface area contributed by atoms with Crippen molar-refractivity contribution in [3.05, 3.63) is 36.3 Å². The number of nitrogens with one attached hydrogen (secondary N) is 1. The third-order valence-electron chi connectivity index (χ3n) is 3.25. The first-order valence-corrected chi connectivity index (χ1v) is 6.53. The van der Waals surface area contributed by atoms with E-state index in [0.717, 1.165) is 49.2 Å². The minimum atomic E-state index is 0.838. The molecule has 2 heterocycles. The third kappa shape index (κ3) is 3.08. The average Bonchev–Trinajstić information content (AvgIpc) is 2.48. The van der Waals surface area contributed by atoms with Gasteiger partial charge >= 0.3 is 0 Å². The van der Waals surface area contributed by atoms with Crippen LogP contribution in [0.1, 0.15) is 5.56 Å². The summed E-state index contributed by atoms with van der Waals surface area (Å²) < 4.78 is 0. The summed E-state index contributed by atoms with van der Waals surface area (Å²) in [6.45, 7) is 5.13. The van der Waals surface area contributed by atoms with Crippen molar-refractivity contribution in [1.29, 1.82) is 0 Å². The highest BCUT2D eigenvalue weighted by molar-refractivity contribution is 5.78. The van der Waals surface area contributed by atoms with Gasteiger partial charge in [0, 0.05) is 43.3 Å². The zero-order chi connectivity index (χ0) is 12.9. The van der Waals surface area contributed by atoms with Crippen LogP contribution in [0, 0.1) is 11.8 Å². The summed E-state index contributed by atoms with van der Waals surface area (Å²) in [5.41, 5.74) is 1.99. The van der Waals surface area contributed by atoms with E-state index in [-0.39, 0.29) is 0 Å². The quantitative estimate of drug-likeness (QED) is 0.765. The van der Waals surface area contributed by atoms with Crippen molar-refractivity contribution in [2.24, 2.45) is 0 Å². The summed E-state index contributed by atoms with van der Waals surface area (Å²) in [7, 11) is 0. The van der Waals surface area contributed by atoms with Gasteiger partial charge in [-0.3, -0.25) is 4.90 Å². The first-order chi connectivity index (χ1) is 9.42. The van der Waals surface area contributed by atoms with Crippen LogP contribution in [0.3, 0.4) is 0 Å². The molecule has 1 aromatic carbocycles. The van der Waals surface area contributed by atoms with E-state index in [2.05, 4.69) is 32.0 Å². The zero-order valence-corrected chi connectivity index (χ0v) is 10.8. The van der Waals surface area contributed by atoms with Gasteiger partial charge in [-0.05, 0) is 18.2 Å². The highest BCUT2D eigenvalue weighted by Crippen LogP contribution is 2.11. The summed E-state index contributed by atoms with van der Waals surface area (Å²) in [6.07, 6.45) is 3.39. The highest BCUT2D eigenvalue weighted by atomic mass is 15.2. The third-order valence-corrected chi connectivity index (χ3v) is 3.25. The molecule has 4 nitrogen and oxygen atoms in total. The van der Waals surface area contributed by atoms with Crippen LogP contribution < -0.4 is 5.32 Å². The number of hydrogen-bond acceptors (Lipinski definition) is 4. The van der Waals surface area contributed by atoms with Crippen molar-refractivity contribution >= 4 is 10.9 Å². The average molecular weight is 252 g/mol. The number of aromatic nitrogens is 2. The van der Waals surface area contributed by atoms with Gasteiger partial charge in [0.05, 0.1) is 12.1 Å². The van der Waals surface area contributed by atoms with Crippen LogP contribution in [0.5, 0.6) is 0 Å². The lowest BCUT2D eigenvalue weighted by Crippen LogP contribution is -2.43. The first-order valence-electron chi connectivity index (χ1n) is 6.53. The Morgan fingerprint density at radius 2 is 2.16 bits per heavy atom. The van der Waals surface area contributed by atoms with Gasteiger partial charge in [0.1, 0.15) is 6.33 Å². The van der Waals surface area contributed by atoms with Gasteiger partial charge in [0.15, 0.2) is 0 Å². The van der Waals surface area contributed by atoms with Crippen LogP contribution in [0.25, 0.3) is 10.9 Å². The van der Waals surface area contributed by atoms with Crippen molar-refractivity contribution in [3.8, 4) is 11.8 Å². The second kappa shape index (κ2) is 5.79. The lowest BCUT2D eigenvalue weighted by Gasteiger charge is -2.24. The predicted octanol–water partition coefficient (Wildman–Crippen LogP) is 0.886. The fourth-order valence-corrected chi connectivity index (χ4v) is 2.19. The van der Waals surface area contributed by atoms with E-state index in [1.54, 1.807) is 6.33 Å². The van der Waals surface area contributed by atoms with E-state index in [1.165, 1.54) is 0 Å². The molecule has 1 saturated heterocycles.